The predicted molar refractivity (Wildman–Crippen MR) is 72.9 cm³/mol. The Balaban J connectivity index is 1.99. The molecule has 1 aliphatic carbocycles. The summed E-state index contributed by atoms with van der Waals surface area (Å²) in [6, 6.07) is 5.89. The van der Waals surface area contributed by atoms with Crippen LogP contribution in [-0.2, 0) is 4.79 Å². The van der Waals surface area contributed by atoms with Crippen molar-refractivity contribution in [3.05, 3.63) is 40.7 Å². The van der Waals surface area contributed by atoms with Gasteiger partial charge in [0.15, 0.2) is 0 Å². The third-order valence-electron chi connectivity index (χ3n) is 3.56. The Hall–Kier alpha value is -1.80. The maximum Gasteiger partial charge on any atom is 0.150 e. The fourth-order valence-corrected chi connectivity index (χ4v) is 3.73. The molecule has 96 valence electrons. The highest BCUT2D eigenvalue weighted by Gasteiger charge is 2.45. The quantitative estimate of drug-likeness (QED) is 0.909. The molecule has 19 heavy (non-hydrogen) atoms. The lowest BCUT2D eigenvalue weighted by molar-refractivity contribution is -0.119. The molecule has 1 aromatic heterocycles. The van der Waals surface area contributed by atoms with Crippen LogP contribution in [0.1, 0.15) is 24.3 Å². The summed E-state index contributed by atoms with van der Waals surface area (Å²) >= 11 is 1.34. The Morgan fingerprint density at radius 1 is 1.53 bits per heavy atom. The lowest BCUT2D eigenvalue weighted by atomic mass is 9.87. The van der Waals surface area contributed by atoms with E-state index in [9.17, 15) is 10.1 Å². The van der Waals surface area contributed by atoms with E-state index < -0.39 is 0 Å². The predicted octanol–water partition coefficient (Wildman–Crippen LogP) is 1.95. The van der Waals surface area contributed by atoms with Gasteiger partial charge in [0.05, 0.1) is 21.9 Å². The van der Waals surface area contributed by atoms with E-state index in [4.69, 9.17) is 5.73 Å². The van der Waals surface area contributed by atoms with E-state index >= 15 is 0 Å². The number of nitriles is 1. The molecule has 2 aliphatic rings. The van der Waals surface area contributed by atoms with Crippen LogP contribution in [0.25, 0.3) is 0 Å². The van der Waals surface area contributed by atoms with Gasteiger partial charge < -0.3 is 5.73 Å². The Morgan fingerprint density at radius 3 is 2.89 bits per heavy atom. The highest BCUT2D eigenvalue weighted by atomic mass is 32.2. The number of hydrogen-bond acceptors (Lipinski definition) is 5. The minimum atomic E-state index is -0.258. The molecule has 4 nitrogen and oxygen atoms in total. The summed E-state index contributed by atoms with van der Waals surface area (Å²) in [7, 11) is 0. The van der Waals surface area contributed by atoms with Gasteiger partial charge in [-0.15, -0.1) is 0 Å². The van der Waals surface area contributed by atoms with E-state index in [-0.39, 0.29) is 22.9 Å². The van der Waals surface area contributed by atoms with E-state index in [0.29, 0.717) is 10.6 Å². The van der Waals surface area contributed by atoms with E-state index in [0.717, 1.165) is 18.4 Å². The molecule has 5 heteroatoms. The number of carbonyl (C=O) groups excluding carboxylic acids is 1. The number of rotatable bonds is 3. The SMILES string of the molecule is N#CC1=C(N)S[C@H](C(=O)C2CC2)[C@@H]1c1cccnc1. The third-order valence-corrected chi connectivity index (χ3v) is 4.79. The van der Waals surface area contributed by atoms with Gasteiger partial charge in [-0.25, -0.2) is 0 Å². The number of hydrogen-bond donors (Lipinski definition) is 1. The molecule has 3 rings (SSSR count). The molecule has 1 aliphatic heterocycles. The number of ketones is 1. The number of thioether (sulfide) groups is 1. The van der Waals surface area contributed by atoms with Gasteiger partial charge in [0.1, 0.15) is 5.78 Å². The molecule has 0 saturated heterocycles. The first-order chi connectivity index (χ1) is 9.22. The molecule has 0 unspecified atom stereocenters. The van der Waals surface area contributed by atoms with E-state index in [2.05, 4.69) is 11.1 Å². The largest absolute Gasteiger partial charge is 0.393 e. The maximum absolute atomic E-state index is 12.4. The summed E-state index contributed by atoms with van der Waals surface area (Å²) in [5.41, 5.74) is 7.32. The number of allylic oxidation sites excluding steroid dienone is 1. The zero-order valence-electron chi connectivity index (χ0n) is 10.2. The highest BCUT2D eigenvalue weighted by Crippen LogP contribution is 2.48. The maximum atomic E-state index is 12.4. The van der Waals surface area contributed by atoms with Crippen molar-refractivity contribution in [1.82, 2.24) is 4.98 Å². The van der Waals surface area contributed by atoms with Crippen LogP contribution in [0, 0.1) is 17.2 Å². The molecular weight excluding hydrogens is 258 g/mol. The monoisotopic (exact) mass is 271 g/mol. The molecule has 0 bridgehead atoms. The second kappa shape index (κ2) is 4.71. The lowest BCUT2D eigenvalue weighted by Gasteiger charge is -2.18. The number of carbonyl (C=O) groups is 1. The molecule has 1 saturated carbocycles. The van der Waals surface area contributed by atoms with E-state index in [1.54, 1.807) is 12.4 Å². The number of nitrogens with zero attached hydrogens (tertiary/aromatic N) is 2. The summed E-state index contributed by atoms with van der Waals surface area (Å²) in [5.74, 6) is 0.159. The second-order valence-electron chi connectivity index (χ2n) is 4.87. The topological polar surface area (TPSA) is 79.8 Å². The van der Waals surface area contributed by atoms with Crippen molar-refractivity contribution in [2.24, 2.45) is 11.7 Å². The number of aromatic nitrogens is 1. The number of Topliss-reactive ketones (excluding diaryl/α,β-unsaturated/α-hetero) is 1. The van der Waals surface area contributed by atoms with Gasteiger partial charge in [-0.1, -0.05) is 17.8 Å². The Bertz CT molecular complexity index is 586. The first-order valence-electron chi connectivity index (χ1n) is 6.22. The second-order valence-corrected chi connectivity index (χ2v) is 6.05. The van der Waals surface area contributed by atoms with Crippen molar-refractivity contribution in [2.75, 3.05) is 0 Å². The minimum absolute atomic E-state index is 0.169. The van der Waals surface area contributed by atoms with Gasteiger partial charge in [-0.05, 0) is 24.5 Å². The Morgan fingerprint density at radius 2 is 2.32 bits per heavy atom. The van der Waals surface area contributed by atoms with Crippen molar-refractivity contribution in [2.45, 2.75) is 24.0 Å². The van der Waals surface area contributed by atoms with Crippen LogP contribution in [0.2, 0.25) is 0 Å². The van der Waals surface area contributed by atoms with Crippen molar-refractivity contribution < 1.29 is 4.79 Å². The normalized spacial score (nSPS) is 26.3. The van der Waals surface area contributed by atoms with E-state index in [1.807, 2.05) is 12.1 Å². The first kappa shape index (κ1) is 12.2. The Kier molecular flexibility index (Phi) is 3.03. The van der Waals surface area contributed by atoms with Crippen LogP contribution >= 0.6 is 11.8 Å². The van der Waals surface area contributed by atoms with Crippen LogP contribution < -0.4 is 5.73 Å². The molecule has 0 aromatic carbocycles. The molecule has 2 atom stereocenters. The Labute approximate surface area is 115 Å². The zero-order valence-corrected chi connectivity index (χ0v) is 11.1. The van der Waals surface area contributed by atoms with E-state index in [1.165, 1.54) is 11.8 Å². The summed E-state index contributed by atoms with van der Waals surface area (Å²) in [5, 5.41) is 9.51. The molecule has 0 amide bonds. The fraction of sp³-hybridized carbons (Fsp3) is 0.357. The third kappa shape index (κ3) is 2.13. The lowest BCUT2D eigenvalue weighted by Crippen LogP contribution is -2.24. The van der Waals surface area contributed by atoms with Gasteiger partial charge in [0, 0.05) is 24.2 Å². The average Bonchev–Trinajstić information content (AvgIpc) is 3.22. The fourth-order valence-electron chi connectivity index (χ4n) is 2.42. The van der Waals surface area contributed by atoms with Crippen LogP contribution in [0.5, 0.6) is 0 Å². The van der Waals surface area contributed by atoms with Crippen molar-refractivity contribution in [3.63, 3.8) is 0 Å². The van der Waals surface area contributed by atoms with Crippen LogP contribution in [-0.4, -0.2) is 16.0 Å². The zero-order chi connectivity index (χ0) is 13.4. The highest BCUT2D eigenvalue weighted by molar-refractivity contribution is 8.04. The average molecular weight is 271 g/mol. The smallest absolute Gasteiger partial charge is 0.150 e. The molecule has 1 fully saturated rings. The molecular formula is C14H13N3OS. The summed E-state index contributed by atoms with van der Waals surface area (Å²) in [4.78, 5) is 16.4. The standard InChI is InChI=1S/C14H13N3OS/c15-6-10-11(9-2-1-5-17-7-9)13(19-14(10)16)12(18)8-3-4-8/h1-2,5,7-8,11,13H,3-4,16H2/t11-,13+/m1/s1. The van der Waals surface area contributed by atoms with Gasteiger partial charge in [-0.3, -0.25) is 9.78 Å². The van der Waals surface area contributed by atoms with Gasteiger partial charge in [0.2, 0.25) is 0 Å². The van der Waals surface area contributed by atoms with Crippen LogP contribution in [0.15, 0.2) is 35.1 Å². The molecule has 0 spiro atoms. The minimum Gasteiger partial charge on any atom is -0.393 e. The van der Waals surface area contributed by atoms with Crippen molar-refractivity contribution in [1.29, 1.82) is 5.26 Å². The molecule has 2 heterocycles. The molecule has 0 radical (unpaired) electrons. The van der Waals surface area contributed by atoms with Gasteiger partial charge >= 0.3 is 0 Å². The number of pyridine rings is 1. The van der Waals surface area contributed by atoms with Crippen molar-refractivity contribution >= 4 is 17.5 Å². The summed E-state index contributed by atoms with van der Waals surface area (Å²) < 4.78 is 0. The number of nitrogens with two attached hydrogens (primary N) is 1. The van der Waals surface area contributed by atoms with Crippen LogP contribution in [0.4, 0.5) is 0 Å². The van der Waals surface area contributed by atoms with Gasteiger partial charge in [-0.2, -0.15) is 5.26 Å². The molecule has 1 aromatic rings. The first-order valence-corrected chi connectivity index (χ1v) is 7.10. The van der Waals surface area contributed by atoms with Gasteiger partial charge in [0.25, 0.3) is 0 Å². The summed E-state index contributed by atoms with van der Waals surface area (Å²) in [6.07, 6.45) is 5.34. The summed E-state index contributed by atoms with van der Waals surface area (Å²) in [6.45, 7) is 0. The van der Waals surface area contributed by atoms with Crippen LogP contribution in [0.3, 0.4) is 0 Å². The van der Waals surface area contributed by atoms with Crippen molar-refractivity contribution in [3.8, 4) is 6.07 Å². The molecule has 2 N–H and O–H groups in total.